The maximum Gasteiger partial charge on any atom is 0.0794 e. The van der Waals surface area contributed by atoms with Gasteiger partial charge in [-0.15, -0.1) is 11.3 Å². The zero-order valence-corrected chi connectivity index (χ0v) is 12.0. The van der Waals surface area contributed by atoms with Gasteiger partial charge < -0.3 is 5.73 Å². The lowest BCUT2D eigenvalue weighted by molar-refractivity contribution is 0.589. The van der Waals surface area contributed by atoms with E-state index in [1.54, 1.807) is 11.3 Å². The van der Waals surface area contributed by atoms with Gasteiger partial charge in [0, 0.05) is 17.1 Å². The Bertz CT molecular complexity index is 480. The minimum atomic E-state index is 0.0537. The summed E-state index contributed by atoms with van der Waals surface area (Å²) in [6.45, 7) is 6.68. The Balaban J connectivity index is 2.07. The molecule has 96 valence electrons. The molecule has 1 aromatic heterocycles. The van der Waals surface area contributed by atoms with Gasteiger partial charge in [-0.25, -0.2) is 0 Å². The van der Waals surface area contributed by atoms with E-state index in [-0.39, 0.29) is 11.5 Å². The van der Waals surface area contributed by atoms with Crippen LogP contribution in [0.15, 0.2) is 36.0 Å². The van der Waals surface area contributed by atoms with Crippen molar-refractivity contribution >= 4 is 11.3 Å². The standard InChI is InChI=1S/C15H20N2S/c1-15(2,3)12-6-4-11(5-7-12)8-13(16)14-9-17-10-18-14/h4-7,9-10,13H,8,16H2,1-3H3. The van der Waals surface area contributed by atoms with E-state index in [1.165, 1.54) is 11.1 Å². The van der Waals surface area contributed by atoms with Crippen molar-refractivity contribution in [2.24, 2.45) is 5.73 Å². The second-order valence-corrected chi connectivity index (χ2v) is 6.58. The Hall–Kier alpha value is -1.19. The first-order valence-electron chi connectivity index (χ1n) is 6.20. The zero-order valence-electron chi connectivity index (χ0n) is 11.2. The van der Waals surface area contributed by atoms with Crippen LogP contribution >= 0.6 is 11.3 Å². The molecule has 2 N–H and O–H groups in total. The first kappa shape index (κ1) is 13.2. The van der Waals surface area contributed by atoms with Crippen LogP contribution in [0.5, 0.6) is 0 Å². The lowest BCUT2D eigenvalue weighted by atomic mass is 9.86. The highest BCUT2D eigenvalue weighted by molar-refractivity contribution is 7.09. The predicted molar refractivity (Wildman–Crippen MR) is 77.9 cm³/mol. The van der Waals surface area contributed by atoms with Crippen molar-refractivity contribution in [3.63, 3.8) is 0 Å². The molecule has 2 rings (SSSR count). The summed E-state index contributed by atoms with van der Waals surface area (Å²) in [5.41, 5.74) is 10.8. The van der Waals surface area contributed by atoms with Gasteiger partial charge in [0.05, 0.1) is 5.51 Å². The van der Waals surface area contributed by atoms with Gasteiger partial charge in [-0.2, -0.15) is 0 Å². The van der Waals surface area contributed by atoms with Crippen molar-refractivity contribution in [3.8, 4) is 0 Å². The average Bonchev–Trinajstić information content (AvgIpc) is 2.82. The Morgan fingerprint density at radius 3 is 2.39 bits per heavy atom. The molecular weight excluding hydrogens is 240 g/mol. The minimum absolute atomic E-state index is 0.0537. The van der Waals surface area contributed by atoms with E-state index in [1.807, 2.05) is 11.7 Å². The summed E-state index contributed by atoms with van der Waals surface area (Å²) in [7, 11) is 0. The van der Waals surface area contributed by atoms with E-state index in [0.29, 0.717) is 0 Å². The average molecular weight is 260 g/mol. The molecule has 1 atom stereocenters. The summed E-state index contributed by atoms with van der Waals surface area (Å²) >= 11 is 1.62. The fourth-order valence-corrected chi connectivity index (χ4v) is 2.53. The van der Waals surface area contributed by atoms with Gasteiger partial charge in [-0.05, 0) is 23.0 Å². The number of benzene rings is 1. The highest BCUT2D eigenvalue weighted by Gasteiger charge is 2.14. The highest BCUT2D eigenvalue weighted by atomic mass is 32.1. The molecule has 0 spiro atoms. The van der Waals surface area contributed by atoms with Gasteiger partial charge in [0.15, 0.2) is 0 Å². The van der Waals surface area contributed by atoms with E-state index >= 15 is 0 Å². The van der Waals surface area contributed by atoms with Crippen molar-refractivity contribution < 1.29 is 0 Å². The van der Waals surface area contributed by atoms with E-state index < -0.39 is 0 Å². The lowest BCUT2D eigenvalue weighted by Gasteiger charge is -2.19. The van der Waals surface area contributed by atoms with Crippen LogP contribution in [0.3, 0.4) is 0 Å². The lowest BCUT2D eigenvalue weighted by Crippen LogP contribution is -2.13. The van der Waals surface area contributed by atoms with Crippen LogP contribution in [0.25, 0.3) is 0 Å². The second-order valence-electron chi connectivity index (χ2n) is 5.66. The predicted octanol–water partition coefficient (Wildman–Crippen LogP) is 3.68. The highest BCUT2D eigenvalue weighted by Crippen LogP contribution is 2.24. The van der Waals surface area contributed by atoms with Gasteiger partial charge in [0.2, 0.25) is 0 Å². The van der Waals surface area contributed by atoms with Gasteiger partial charge >= 0.3 is 0 Å². The summed E-state index contributed by atoms with van der Waals surface area (Å²) < 4.78 is 0. The van der Waals surface area contributed by atoms with Crippen LogP contribution in [-0.2, 0) is 11.8 Å². The van der Waals surface area contributed by atoms with E-state index in [2.05, 4.69) is 50.0 Å². The number of rotatable bonds is 3. The molecular formula is C15H20N2S. The third kappa shape index (κ3) is 3.18. The largest absolute Gasteiger partial charge is 0.323 e. The van der Waals surface area contributed by atoms with Crippen molar-refractivity contribution in [1.82, 2.24) is 4.98 Å². The molecule has 0 bridgehead atoms. The molecule has 0 amide bonds. The quantitative estimate of drug-likeness (QED) is 0.914. The van der Waals surface area contributed by atoms with Crippen LogP contribution in [0.4, 0.5) is 0 Å². The monoisotopic (exact) mass is 260 g/mol. The number of thiazole rings is 1. The summed E-state index contributed by atoms with van der Waals surface area (Å²) in [5.74, 6) is 0. The van der Waals surface area contributed by atoms with Gasteiger partial charge in [0.25, 0.3) is 0 Å². The van der Waals surface area contributed by atoms with Crippen LogP contribution in [0.2, 0.25) is 0 Å². The number of nitrogens with zero attached hydrogens (tertiary/aromatic N) is 1. The summed E-state index contributed by atoms with van der Waals surface area (Å²) in [5, 5.41) is 0. The molecule has 0 aliphatic heterocycles. The number of aromatic nitrogens is 1. The fourth-order valence-electron chi connectivity index (χ4n) is 1.90. The number of hydrogen-bond donors (Lipinski definition) is 1. The summed E-state index contributed by atoms with van der Waals surface area (Å²) in [4.78, 5) is 5.22. The molecule has 0 radical (unpaired) electrons. The third-order valence-corrected chi connectivity index (χ3v) is 4.00. The number of hydrogen-bond acceptors (Lipinski definition) is 3. The molecule has 1 unspecified atom stereocenters. The smallest absolute Gasteiger partial charge is 0.0794 e. The summed E-state index contributed by atoms with van der Waals surface area (Å²) in [6.07, 6.45) is 2.73. The Morgan fingerprint density at radius 2 is 1.89 bits per heavy atom. The third-order valence-electron chi connectivity index (χ3n) is 3.09. The molecule has 1 aromatic carbocycles. The van der Waals surface area contributed by atoms with Crippen molar-refractivity contribution in [3.05, 3.63) is 52.0 Å². The second kappa shape index (κ2) is 5.21. The number of nitrogens with two attached hydrogens (primary N) is 1. The zero-order chi connectivity index (χ0) is 13.2. The van der Waals surface area contributed by atoms with Gasteiger partial charge in [0.1, 0.15) is 0 Å². The SMILES string of the molecule is CC(C)(C)c1ccc(CC(N)c2cncs2)cc1. The minimum Gasteiger partial charge on any atom is -0.323 e. The Morgan fingerprint density at radius 1 is 1.22 bits per heavy atom. The molecule has 0 fully saturated rings. The molecule has 0 saturated carbocycles. The van der Waals surface area contributed by atoms with Crippen LogP contribution in [0.1, 0.15) is 42.8 Å². The van der Waals surface area contributed by atoms with Gasteiger partial charge in [-0.1, -0.05) is 45.0 Å². The maximum absolute atomic E-state index is 6.17. The molecule has 18 heavy (non-hydrogen) atoms. The van der Waals surface area contributed by atoms with Gasteiger partial charge in [-0.3, -0.25) is 4.98 Å². The normalized spacial score (nSPS) is 13.6. The molecule has 3 heteroatoms. The Kier molecular flexibility index (Phi) is 3.83. The molecule has 0 aliphatic rings. The molecule has 1 heterocycles. The van der Waals surface area contributed by atoms with Crippen molar-refractivity contribution in [2.75, 3.05) is 0 Å². The van der Waals surface area contributed by atoms with Crippen LogP contribution in [-0.4, -0.2) is 4.98 Å². The fraction of sp³-hybridized carbons (Fsp3) is 0.400. The molecule has 0 saturated heterocycles. The van der Waals surface area contributed by atoms with Crippen LogP contribution < -0.4 is 5.73 Å². The van der Waals surface area contributed by atoms with Crippen molar-refractivity contribution in [2.45, 2.75) is 38.6 Å². The first-order chi connectivity index (χ1) is 8.47. The van der Waals surface area contributed by atoms with E-state index in [9.17, 15) is 0 Å². The van der Waals surface area contributed by atoms with Crippen molar-refractivity contribution in [1.29, 1.82) is 0 Å². The molecule has 2 nitrogen and oxygen atoms in total. The topological polar surface area (TPSA) is 38.9 Å². The maximum atomic E-state index is 6.17. The van der Waals surface area contributed by atoms with Crippen LogP contribution in [0, 0.1) is 0 Å². The molecule has 2 aromatic rings. The van der Waals surface area contributed by atoms with E-state index in [4.69, 9.17) is 5.73 Å². The Labute approximate surface area is 113 Å². The molecule has 0 aliphatic carbocycles. The first-order valence-corrected chi connectivity index (χ1v) is 7.08. The summed E-state index contributed by atoms with van der Waals surface area (Å²) in [6, 6.07) is 8.82. The van der Waals surface area contributed by atoms with E-state index in [0.717, 1.165) is 11.3 Å².